The highest BCUT2D eigenvalue weighted by molar-refractivity contribution is 7.99. The molecule has 0 aliphatic carbocycles. The van der Waals surface area contributed by atoms with Crippen LogP contribution in [0.4, 0.5) is 0 Å². The monoisotopic (exact) mass is 592 g/mol. The quantitative estimate of drug-likeness (QED) is 0.0977. The van der Waals surface area contributed by atoms with Crippen molar-refractivity contribution in [3.63, 3.8) is 0 Å². The summed E-state index contributed by atoms with van der Waals surface area (Å²) in [6.07, 6.45) is 12.8. The van der Waals surface area contributed by atoms with Crippen molar-refractivity contribution in [1.29, 1.82) is 0 Å². The number of hydrogen-bond donors (Lipinski definition) is 1. The van der Waals surface area contributed by atoms with Crippen LogP contribution >= 0.6 is 23.5 Å². The van der Waals surface area contributed by atoms with E-state index in [2.05, 4.69) is 121 Å². The van der Waals surface area contributed by atoms with Crippen LogP contribution < -0.4 is 0 Å². The van der Waals surface area contributed by atoms with Gasteiger partial charge >= 0.3 is 5.97 Å². The van der Waals surface area contributed by atoms with Crippen LogP contribution in [-0.2, 0) is 16.3 Å². The van der Waals surface area contributed by atoms with E-state index in [1.807, 2.05) is 35.7 Å². The first kappa shape index (κ1) is 31.5. The molecule has 0 amide bonds. The molecule has 2 nitrogen and oxygen atoms in total. The van der Waals surface area contributed by atoms with Gasteiger partial charge in [-0.3, -0.25) is 4.79 Å². The Hall–Kier alpha value is -3.47. The van der Waals surface area contributed by atoms with Gasteiger partial charge in [-0.2, -0.15) is 23.5 Å². The van der Waals surface area contributed by atoms with Gasteiger partial charge in [0.05, 0.1) is 0 Å². The number of benzene rings is 4. The molecule has 0 saturated heterocycles. The minimum Gasteiger partial charge on any atom is -0.481 e. The zero-order valence-corrected chi connectivity index (χ0v) is 25.7. The fraction of sp³-hybridized carbons (Fsp3) is 0.237. The second kappa shape index (κ2) is 18.1. The lowest BCUT2D eigenvalue weighted by molar-refractivity contribution is -0.137. The van der Waals surface area contributed by atoms with Crippen LogP contribution in [0.5, 0.6) is 0 Å². The summed E-state index contributed by atoms with van der Waals surface area (Å²) in [5.74, 6) is 2.39. The van der Waals surface area contributed by atoms with E-state index < -0.39 is 5.97 Å². The summed E-state index contributed by atoms with van der Waals surface area (Å²) in [5.41, 5.74) is 7.52. The second-order valence-corrected chi connectivity index (χ2v) is 12.8. The van der Waals surface area contributed by atoms with Crippen LogP contribution in [-0.4, -0.2) is 22.1 Å². The Morgan fingerprint density at radius 1 is 0.619 bits per heavy atom. The van der Waals surface area contributed by atoms with Gasteiger partial charge in [-0.1, -0.05) is 140 Å². The first-order valence-corrected chi connectivity index (χ1v) is 16.9. The molecule has 1 unspecified atom stereocenters. The normalized spacial score (nSPS) is 12.2. The predicted octanol–water partition coefficient (Wildman–Crippen LogP) is 10.6. The van der Waals surface area contributed by atoms with Crippen molar-refractivity contribution in [3.05, 3.63) is 143 Å². The van der Waals surface area contributed by atoms with Crippen LogP contribution in [0.3, 0.4) is 0 Å². The summed E-state index contributed by atoms with van der Waals surface area (Å²) >= 11 is 4.00. The van der Waals surface area contributed by atoms with E-state index in [1.165, 1.54) is 33.4 Å². The van der Waals surface area contributed by atoms with Crippen LogP contribution in [0.25, 0.3) is 24.3 Å². The number of hydrogen-bond acceptors (Lipinski definition) is 3. The Morgan fingerprint density at radius 2 is 1.21 bits per heavy atom. The van der Waals surface area contributed by atoms with Crippen molar-refractivity contribution in [3.8, 4) is 0 Å². The molecule has 0 saturated carbocycles. The topological polar surface area (TPSA) is 37.3 Å². The summed E-state index contributed by atoms with van der Waals surface area (Å²) in [5, 5.41) is 9.56. The minimum absolute atomic E-state index is 0.262. The summed E-state index contributed by atoms with van der Waals surface area (Å²) < 4.78 is 0. The molecule has 216 valence electrons. The highest BCUT2D eigenvalue weighted by Gasteiger charge is 2.11. The maximum absolute atomic E-state index is 11.0. The van der Waals surface area contributed by atoms with Crippen LogP contribution in [0.2, 0.25) is 0 Å². The molecule has 0 aliphatic heterocycles. The van der Waals surface area contributed by atoms with Crippen molar-refractivity contribution in [1.82, 2.24) is 0 Å². The van der Waals surface area contributed by atoms with Crippen molar-refractivity contribution in [2.24, 2.45) is 0 Å². The van der Waals surface area contributed by atoms with Gasteiger partial charge in [-0.25, -0.2) is 0 Å². The lowest BCUT2D eigenvalue weighted by atomic mass is 10.1. The third-order valence-corrected chi connectivity index (χ3v) is 9.48. The number of aliphatic carboxylic acids is 1. The van der Waals surface area contributed by atoms with Crippen LogP contribution in [0.1, 0.15) is 65.5 Å². The van der Waals surface area contributed by atoms with E-state index in [1.54, 1.807) is 0 Å². The number of carboxylic acids is 1. The Morgan fingerprint density at radius 3 is 1.86 bits per heavy atom. The largest absolute Gasteiger partial charge is 0.481 e. The number of carboxylic acid groups (broad SMARTS) is 1. The van der Waals surface area contributed by atoms with E-state index in [9.17, 15) is 4.79 Å². The van der Waals surface area contributed by atoms with Gasteiger partial charge in [0.25, 0.3) is 0 Å². The summed E-state index contributed by atoms with van der Waals surface area (Å²) in [6, 6.07) is 38.4. The third kappa shape index (κ3) is 12.2. The minimum atomic E-state index is -0.697. The molecule has 0 radical (unpaired) electrons. The Bertz CT molecular complexity index is 1400. The van der Waals surface area contributed by atoms with E-state index in [0.29, 0.717) is 5.25 Å². The molecular formula is C38H40O2S2. The molecule has 4 heteroatoms. The van der Waals surface area contributed by atoms with E-state index in [-0.39, 0.29) is 6.42 Å². The number of unbranched alkanes of at least 4 members (excludes halogenated alkanes) is 1. The van der Waals surface area contributed by atoms with Gasteiger partial charge in [-0.05, 0) is 58.4 Å². The predicted molar refractivity (Wildman–Crippen MR) is 186 cm³/mol. The molecule has 0 fully saturated rings. The smallest absolute Gasteiger partial charge is 0.303 e. The molecular weight excluding hydrogens is 553 g/mol. The van der Waals surface area contributed by atoms with Gasteiger partial charge in [0.2, 0.25) is 0 Å². The standard InChI is InChI=1S/C38H40O2S2/c39-38(40)17-8-7-16-37(42-30-36-15-9-14-34(28-36)23-20-32-12-5-2-6-13-32)26-27-41-29-35-24-21-33(22-25-35)19-18-31-10-3-1-4-11-31/h1-6,9-15,18-25,28,37H,7-8,16-17,26-27,29-30H2,(H,39,40)/b19-18+,23-20+. The SMILES string of the molecule is O=C(O)CCCCC(CCSCc1ccc(/C=C/c2ccccc2)cc1)SCc1cccc(/C=C/c2ccccc2)c1. The zero-order chi connectivity index (χ0) is 29.2. The van der Waals surface area contributed by atoms with Gasteiger partial charge in [0.1, 0.15) is 0 Å². The van der Waals surface area contributed by atoms with Gasteiger partial charge in [-0.15, -0.1) is 0 Å². The molecule has 0 aliphatic rings. The molecule has 0 spiro atoms. The highest BCUT2D eigenvalue weighted by Crippen LogP contribution is 2.28. The van der Waals surface area contributed by atoms with Crippen LogP contribution in [0.15, 0.2) is 109 Å². The number of rotatable bonds is 17. The summed E-state index contributed by atoms with van der Waals surface area (Å²) in [6.45, 7) is 0. The molecule has 4 rings (SSSR count). The Kier molecular flexibility index (Phi) is 13.6. The Labute approximate surface area is 260 Å². The highest BCUT2D eigenvalue weighted by atomic mass is 32.2. The van der Waals surface area contributed by atoms with Gasteiger partial charge in [0.15, 0.2) is 0 Å². The molecule has 1 N–H and O–H groups in total. The fourth-order valence-electron chi connectivity index (χ4n) is 4.60. The average Bonchev–Trinajstić information content (AvgIpc) is 3.03. The Balaban J connectivity index is 1.24. The summed E-state index contributed by atoms with van der Waals surface area (Å²) in [4.78, 5) is 11.0. The maximum Gasteiger partial charge on any atom is 0.303 e. The average molecular weight is 593 g/mol. The molecule has 1 atom stereocenters. The third-order valence-electron chi connectivity index (χ3n) is 6.97. The van der Waals surface area contributed by atoms with E-state index >= 15 is 0 Å². The molecule has 42 heavy (non-hydrogen) atoms. The lowest BCUT2D eigenvalue weighted by Crippen LogP contribution is -2.06. The van der Waals surface area contributed by atoms with Crippen molar-refractivity contribution < 1.29 is 9.90 Å². The van der Waals surface area contributed by atoms with Gasteiger partial charge in [0, 0.05) is 23.2 Å². The maximum atomic E-state index is 11.0. The second-order valence-electron chi connectivity index (χ2n) is 10.4. The number of carbonyl (C=O) groups is 1. The molecule has 0 bridgehead atoms. The number of thioether (sulfide) groups is 2. The lowest BCUT2D eigenvalue weighted by Gasteiger charge is -2.17. The van der Waals surface area contributed by atoms with Crippen molar-refractivity contribution in [2.45, 2.75) is 48.9 Å². The van der Waals surface area contributed by atoms with E-state index in [0.717, 1.165) is 42.9 Å². The molecule has 4 aromatic rings. The first-order chi connectivity index (χ1) is 20.6. The molecule has 0 heterocycles. The molecule has 4 aromatic carbocycles. The van der Waals surface area contributed by atoms with Crippen LogP contribution in [0, 0.1) is 0 Å². The van der Waals surface area contributed by atoms with E-state index in [4.69, 9.17) is 5.11 Å². The molecule has 0 aromatic heterocycles. The van der Waals surface area contributed by atoms with Gasteiger partial charge < -0.3 is 5.11 Å². The van der Waals surface area contributed by atoms with Crippen molar-refractivity contribution in [2.75, 3.05) is 5.75 Å². The fourth-order valence-corrected chi connectivity index (χ4v) is 7.00. The summed E-state index contributed by atoms with van der Waals surface area (Å²) in [7, 11) is 0. The zero-order valence-electron chi connectivity index (χ0n) is 24.1. The van der Waals surface area contributed by atoms with Crippen molar-refractivity contribution >= 4 is 53.8 Å². The first-order valence-electron chi connectivity index (χ1n) is 14.7.